The molecule has 0 amide bonds. The summed E-state index contributed by atoms with van der Waals surface area (Å²) in [6, 6.07) is -0.596. The van der Waals surface area contributed by atoms with Gasteiger partial charge in [0, 0.05) is 5.57 Å². The number of halogens is 1. The van der Waals surface area contributed by atoms with Crippen molar-refractivity contribution in [3.05, 3.63) is 30.5 Å². The molecule has 126 valence electrons. The second-order valence-electron chi connectivity index (χ2n) is 5.34. The first-order chi connectivity index (χ1) is 10.5. The second-order valence-corrected chi connectivity index (χ2v) is 6.93. The normalized spacial score (nSPS) is 16.3. The number of rotatable bonds is 6. The molecule has 2 aromatic heterocycles. The molecule has 0 aliphatic rings. The zero-order valence-electron chi connectivity index (χ0n) is 13.0. The minimum Gasteiger partial charge on any atom is -0.330 e. The van der Waals surface area contributed by atoms with Crippen molar-refractivity contribution in [2.75, 3.05) is 6.35 Å². The molecule has 2 heterocycles. The van der Waals surface area contributed by atoms with E-state index < -0.39 is 25.8 Å². The van der Waals surface area contributed by atoms with Gasteiger partial charge < -0.3 is 19.1 Å². The van der Waals surface area contributed by atoms with Crippen LogP contribution in [0.4, 0.5) is 4.39 Å². The molecule has 0 radical (unpaired) electrons. The average Bonchev–Trinajstić information content (AvgIpc) is 2.88. The number of hydrogen-bond donors (Lipinski definition) is 2. The van der Waals surface area contributed by atoms with E-state index >= 15 is 0 Å². The van der Waals surface area contributed by atoms with Gasteiger partial charge in [-0.3, -0.25) is 4.57 Å². The van der Waals surface area contributed by atoms with Gasteiger partial charge in [0.1, 0.15) is 11.8 Å². The van der Waals surface area contributed by atoms with Gasteiger partial charge in [-0.25, -0.2) is 19.3 Å². The Kier molecular flexibility index (Phi) is 4.68. The van der Waals surface area contributed by atoms with Crippen LogP contribution in [0.2, 0.25) is 0 Å². The lowest BCUT2D eigenvalue weighted by Gasteiger charge is -2.28. The average molecular weight is 344 g/mol. The number of aryl methyl sites for hydroxylation is 1. The van der Waals surface area contributed by atoms with Crippen LogP contribution in [0.1, 0.15) is 25.6 Å². The summed E-state index contributed by atoms with van der Waals surface area (Å²) in [5, 5.41) is 0. The maximum Gasteiger partial charge on any atom is 0.351 e. The van der Waals surface area contributed by atoms with Gasteiger partial charge in [-0.15, -0.1) is 0 Å². The van der Waals surface area contributed by atoms with Crippen LogP contribution in [0.15, 0.2) is 24.8 Å². The lowest BCUT2D eigenvalue weighted by atomic mass is 10.0. The third-order valence-electron chi connectivity index (χ3n) is 3.54. The van der Waals surface area contributed by atoms with E-state index in [1.54, 1.807) is 18.4 Å². The summed E-state index contributed by atoms with van der Waals surface area (Å²) in [6.07, 6.45) is 1.84. The molecule has 0 spiro atoms. The number of nitrogens with zero attached hydrogens (tertiary/aromatic N) is 4. The molecule has 0 fully saturated rings. The van der Waals surface area contributed by atoms with E-state index in [9.17, 15) is 8.96 Å². The fourth-order valence-electron chi connectivity index (χ4n) is 2.09. The fraction of sp³-hybridized carbons (Fsp3) is 0.462. The highest BCUT2D eigenvalue weighted by Crippen LogP contribution is 2.39. The van der Waals surface area contributed by atoms with Crippen LogP contribution in [-0.2, 0) is 9.30 Å². The van der Waals surface area contributed by atoms with Crippen LogP contribution < -0.4 is 0 Å². The molecule has 0 bridgehead atoms. The van der Waals surface area contributed by atoms with E-state index in [4.69, 9.17) is 14.5 Å². The molecule has 0 aliphatic carbocycles. The fourth-order valence-corrected chi connectivity index (χ4v) is 2.50. The van der Waals surface area contributed by atoms with Crippen molar-refractivity contribution in [3.63, 3.8) is 0 Å². The Balaban J connectivity index is 2.27. The number of fused-ring (bicyclic) bond motifs is 1. The van der Waals surface area contributed by atoms with E-state index in [1.165, 1.54) is 12.7 Å². The summed E-state index contributed by atoms with van der Waals surface area (Å²) < 4.78 is 31.8. The van der Waals surface area contributed by atoms with Gasteiger partial charge >= 0.3 is 7.60 Å². The Morgan fingerprint density at radius 3 is 2.78 bits per heavy atom. The molecule has 23 heavy (non-hydrogen) atoms. The highest BCUT2D eigenvalue weighted by molar-refractivity contribution is 7.51. The van der Waals surface area contributed by atoms with Crippen molar-refractivity contribution in [1.82, 2.24) is 19.5 Å². The number of aromatic nitrogens is 4. The molecule has 10 heteroatoms. The molecule has 2 atom stereocenters. The molecule has 2 rings (SSSR count). The number of hydrogen-bond acceptors (Lipinski definition) is 5. The number of ether oxygens (including phenoxy) is 1. The highest BCUT2D eigenvalue weighted by Gasteiger charge is 2.35. The minimum atomic E-state index is -4.48. The largest absolute Gasteiger partial charge is 0.351 e. The lowest BCUT2D eigenvalue weighted by Crippen LogP contribution is -2.30. The van der Waals surface area contributed by atoms with Crippen LogP contribution in [0.3, 0.4) is 0 Å². The van der Waals surface area contributed by atoms with Crippen LogP contribution in [0, 0.1) is 6.92 Å². The number of imidazole rings is 1. The van der Waals surface area contributed by atoms with Gasteiger partial charge in [0.25, 0.3) is 0 Å². The first-order valence-corrected chi connectivity index (χ1v) is 8.53. The Morgan fingerprint density at radius 2 is 2.17 bits per heavy atom. The van der Waals surface area contributed by atoms with Gasteiger partial charge in [-0.2, -0.15) is 0 Å². The van der Waals surface area contributed by atoms with Crippen molar-refractivity contribution in [3.8, 4) is 0 Å². The Hall–Kier alpha value is -1.67. The molecule has 0 saturated heterocycles. The molecule has 2 N–H and O–H groups in total. The molecule has 0 unspecified atom stereocenters. The highest BCUT2D eigenvalue weighted by atomic mass is 31.2. The zero-order valence-corrected chi connectivity index (χ0v) is 13.9. The molecule has 2 aromatic rings. The smallest absolute Gasteiger partial charge is 0.330 e. The molecule has 0 aliphatic heterocycles. The third-order valence-corrected chi connectivity index (χ3v) is 4.01. The Bertz CT molecular complexity index is 785. The second kappa shape index (κ2) is 6.09. The minimum absolute atomic E-state index is 0.0125. The van der Waals surface area contributed by atoms with E-state index in [0.29, 0.717) is 16.9 Å². The van der Waals surface area contributed by atoms with E-state index in [0.717, 1.165) is 6.92 Å². The molecule has 0 aromatic carbocycles. The van der Waals surface area contributed by atoms with Gasteiger partial charge in [-0.05, 0) is 20.8 Å². The van der Waals surface area contributed by atoms with Crippen LogP contribution in [0.25, 0.3) is 11.2 Å². The SMILES string of the molecule is C=C([C@H](C)n1cnc2c(C)ncnc21)[C@@](C)(F)OCP(=O)(O)O. The van der Waals surface area contributed by atoms with E-state index in [2.05, 4.69) is 21.5 Å². The zero-order chi connectivity index (χ0) is 17.4. The van der Waals surface area contributed by atoms with Crippen LogP contribution >= 0.6 is 7.60 Å². The maximum atomic E-state index is 14.6. The summed E-state index contributed by atoms with van der Waals surface area (Å²) in [5.41, 5.74) is 1.77. The summed E-state index contributed by atoms with van der Waals surface area (Å²) in [7, 11) is -4.48. The predicted octanol–water partition coefficient (Wildman–Crippen LogP) is 2.09. The summed E-state index contributed by atoms with van der Waals surface area (Å²) in [6.45, 7) is 8.17. The molecular weight excluding hydrogens is 326 g/mol. The third kappa shape index (κ3) is 3.81. The van der Waals surface area contributed by atoms with Gasteiger partial charge in [0.15, 0.2) is 12.0 Å². The van der Waals surface area contributed by atoms with Crippen LogP contribution in [-0.4, -0.2) is 41.5 Å². The van der Waals surface area contributed by atoms with Crippen molar-refractivity contribution in [2.24, 2.45) is 0 Å². The summed E-state index contributed by atoms with van der Waals surface area (Å²) in [4.78, 5) is 30.0. The quantitative estimate of drug-likeness (QED) is 0.610. The molecule has 0 saturated carbocycles. The molecular formula is C13H18FN4O4P. The van der Waals surface area contributed by atoms with E-state index in [-0.39, 0.29) is 5.57 Å². The van der Waals surface area contributed by atoms with Crippen LogP contribution in [0.5, 0.6) is 0 Å². The van der Waals surface area contributed by atoms with Crippen molar-refractivity contribution >= 4 is 18.8 Å². The topological polar surface area (TPSA) is 110 Å². The first-order valence-electron chi connectivity index (χ1n) is 6.74. The first kappa shape index (κ1) is 17.7. The van der Waals surface area contributed by atoms with E-state index in [1.807, 2.05) is 0 Å². The van der Waals surface area contributed by atoms with Gasteiger partial charge in [0.2, 0.25) is 5.85 Å². The van der Waals surface area contributed by atoms with Crippen molar-refractivity contribution in [1.29, 1.82) is 0 Å². The Morgan fingerprint density at radius 1 is 1.52 bits per heavy atom. The number of alkyl halides is 1. The lowest BCUT2D eigenvalue weighted by molar-refractivity contribution is -0.0911. The predicted molar refractivity (Wildman–Crippen MR) is 81.4 cm³/mol. The van der Waals surface area contributed by atoms with Crippen molar-refractivity contribution in [2.45, 2.75) is 32.7 Å². The van der Waals surface area contributed by atoms with Gasteiger partial charge in [0.05, 0.1) is 18.1 Å². The maximum absolute atomic E-state index is 14.6. The molecule has 8 nitrogen and oxygen atoms in total. The summed E-state index contributed by atoms with van der Waals surface area (Å²) in [5.74, 6) is -2.42. The van der Waals surface area contributed by atoms with Gasteiger partial charge in [-0.1, -0.05) is 6.58 Å². The monoisotopic (exact) mass is 344 g/mol. The van der Waals surface area contributed by atoms with Crippen molar-refractivity contribution < 1.29 is 23.5 Å². The summed E-state index contributed by atoms with van der Waals surface area (Å²) >= 11 is 0. The standard InChI is InChI=1S/C13H18FN4O4P/c1-8(13(4,14)22-7-23(19,20)21)10(3)18-6-17-11-9(2)15-5-16-12(11)18/h5-6,10H,1,7H2,2-4H3,(H2,19,20,21)/t10-,13-/m0/s1. The Labute approximate surface area is 132 Å².